The maximum Gasteiger partial charge on any atom is 0.270 e. The highest BCUT2D eigenvalue weighted by molar-refractivity contribution is 7.15. The molecule has 0 fully saturated rings. The van der Waals surface area contributed by atoms with E-state index in [1.807, 2.05) is 0 Å². The summed E-state index contributed by atoms with van der Waals surface area (Å²) in [7, 11) is 0. The van der Waals surface area contributed by atoms with E-state index in [1.165, 1.54) is 23.5 Å². The monoisotopic (exact) mass is 327 g/mol. The minimum atomic E-state index is -0.586. The van der Waals surface area contributed by atoms with Crippen molar-refractivity contribution in [1.82, 2.24) is 15.5 Å². The van der Waals surface area contributed by atoms with Gasteiger partial charge in [-0.25, -0.2) is 0 Å². The van der Waals surface area contributed by atoms with Crippen LogP contribution in [0.25, 0.3) is 0 Å². The van der Waals surface area contributed by atoms with Crippen LogP contribution in [-0.4, -0.2) is 27.6 Å². The van der Waals surface area contributed by atoms with Crippen LogP contribution in [0.5, 0.6) is 0 Å². The summed E-state index contributed by atoms with van der Waals surface area (Å²) in [6.07, 6.45) is 0.465. The summed E-state index contributed by atoms with van der Waals surface area (Å²) in [4.78, 5) is 22.1. The van der Waals surface area contributed by atoms with Gasteiger partial charge in [-0.2, -0.15) is 0 Å². The lowest BCUT2D eigenvalue weighted by molar-refractivity contribution is -0.384. The molecule has 3 N–H and O–H groups in total. The number of nitrogen functional groups attached to an aromatic ring is 1. The number of nitrogens with two attached hydrogens (primary N) is 1. The Morgan fingerprint density at radius 1 is 1.48 bits per heavy atom. The Balaban J connectivity index is 1.99. The number of nitro groups is 1. The normalized spacial score (nSPS) is 10.3. The summed E-state index contributed by atoms with van der Waals surface area (Å²) >= 11 is 7.11. The molecule has 2 aromatic rings. The fourth-order valence-corrected chi connectivity index (χ4v) is 2.36. The Morgan fingerprint density at radius 2 is 2.24 bits per heavy atom. The van der Waals surface area contributed by atoms with Gasteiger partial charge in [0.25, 0.3) is 11.6 Å². The van der Waals surface area contributed by atoms with Crippen molar-refractivity contribution in [2.75, 3.05) is 12.3 Å². The van der Waals surface area contributed by atoms with Gasteiger partial charge in [-0.05, 0) is 6.07 Å². The van der Waals surface area contributed by atoms with E-state index in [0.717, 1.165) is 6.07 Å². The van der Waals surface area contributed by atoms with E-state index in [9.17, 15) is 14.9 Å². The summed E-state index contributed by atoms with van der Waals surface area (Å²) in [6.45, 7) is 0.298. The molecule has 0 bridgehead atoms. The van der Waals surface area contributed by atoms with Gasteiger partial charge in [-0.3, -0.25) is 14.9 Å². The predicted octanol–water partition coefficient (Wildman–Crippen LogP) is 1.65. The highest BCUT2D eigenvalue weighted by Gasteiger charge is 2.15. The fourth-order valence-electron chi connectivity index (χ4n) is 1.55. The van der Waals surface area contributed by atoms with Crippen molar-refractivity contribution in [3.05, 3.63) is 43.9 Å². The van der Waals surface area contributed by atoms with Crippen LogP contribution in [0, 0.1) is 10.1 Å². The molecule has 0 spiro atoms. The standard InChI is InChI=1S/C11H10ClN5O3S/c12-8-2-1-6(17(19)20)5-7(8)10(18)14-4-3-9-15-16-11(13)21-9/h1-2,5H,3-4H2,(H2,13,16)(H,14,18). The molecule has 0 aliphatic rings. The number of hydrogen-bond acceptors (Lipinski definition) is 7. The molecule has 0 radical (unpaired) electrons. The Bertz CT molecular complexity index is 690. The molecular weight excluding hydrogens is 318 g/mol. The van der Waals surface area contributed by atoms with Crippen molar-refractivity contribution >= 4 is 39.7 Å². The maximum atomic E-state index is 12.0. The number of halogens is 1. The average molecular weight is 328 g/mol. The molecule has 1 aromatic heterocycles. The Kier molecular flexibility index (Phi) is 4.66. The number of hydrogen-bond donors (Lipinski definition) is 2. The van der Waals surface area contributed by atoms with Crippen molar-refractivity contribution in [1.29, 1.82) is 0 Å². The Morgan fingerprint density at radius 3 is 2.86 bits per heavy atom. The van der Waals surface area contributed by atoms with E-state index in [4.69, 9.17) is 17.3 Å². The van der Waals surface area contributed by atoms with E-state index in [0.29, 0.717) is 23.1 Å². The number of anilines is 1. The van der Waals surface area contributed by atoms with Crippen molar-refractivity contribution in [2.24, 2.45) is 0 Å². The summed E-state index contributed by atoms with van der Waals surface area (Å²) in [5, 5.41) is 22.0. The van der Waals surface area contributed by atoms with Gasteiger partial charge in [-0.15, -0.1) is 10.2 Å². The first kappa shape index (κ1) is 15.1. The van der Waals surface area contributed by atoms with E-state index in [1.54, 1.807) is 0 Å². The van der Waals surface area contributed by atoms with Crippen molar-refractivity contribution < 1.29 is 9.72 Å². The topological polar surface area (TPSA) is 124 Å². The van der Waals surface area contributed by atoms with Gasteiger partial charge in [0.1, 0.15) is 5.01 Å². The third kappa shape index (κ3) is 3.86. The van der Waals surface area contributed by atoms with Crippen LogP contribution < -0.4 is 11.1 Å². The van der Waals surface area contributed by atoms with Crippen LogP contribution in [0.3, 0.4) is 0 Å². The summed E-state index contributed by atoms with van der Waals surface area (Å²) in [5.41, 5.74) is 5.31. The molecule has 21 heavy (non-hydrogen) atoms. The first-order chi connectivity index (χ1) is 9.97. The van der Waals surface area contributed by atoms with Crippen LogP contribution in [-0.2, 0) is 6.42 Å². The van der Waals surface area contributed by atoms with Gasteiger partial charge in [0.2, 0.25) is 5.13 Å². The lowest BCUT2D eigenvalue weighted by Gasteiger charge is -2.05. The van der Waals surface area contributed by atoms with E-state index in [2.05, 4.69) is 15.5 Å². The fraction of sp³-hybridized carbons (Fsp3) is 0.182. The third-order valence-corrected chi connectivity index (χ3v) is 3.65. The first-order valence-electron chi connectivity index (χ1n) is 5.77. The molecule has 0 aliphatic heterocycles. The summed E-state index contributed by atoms with van der Waals surface area (Å²) in [6, 6.07) is 3.70. The molecular formula is C11H10ClN5O3S. The second-order valence-corrected chi connectivity index (χ2v) is 5.46. The lowest BCUT2D eigenvalue weighted by atomic mass is 10.2. The number of nitrogens with zero attached hydrogens (tertiary/aromatic N) is 3. The number of non-ortho nitro benzene ring substituents is 1. The zero-order valence-corrected chi connectivity index (χ0v) is 12.1. The number of benzene rings is 1. The van der Waals surface area contributed by atoms with E-state index < -0.39 is 10.8 Å². The van der Waals surface area contributed by atoms with Crippen LogP contribution in [0.2, 0.25) is 5.02 Å². The summed E-state index contributed by atoms with van der Waals surface area (Å²) < 4.78 is 0. The van der Waals surface area contributed by atoms with Gasteiger partial charge in [0, 0.05) is 25.1 Å². The molecule has 10 heteroatoms. The molecule has 0 saturated heterocycles. The van der Waals surface area contributed by atoms with Crippen LogP contribution >= 0.6 is 22.9 Å². The van der Waals surface area contributed by atoms with Gasteiger partial charge in [-0.1, -0.05) is 22.9 Å². The van der Waals surface area contributed by atoms with E-state index >= 15 is 0 Å². The average Bonchev–Trinajstić information content (AvgIpc) is 2.84. The number of nitrogens with one attached hydrogen (secondary N) is 1. The first-order valence-corrected chi connectivity index (χ1v) is 6.97. The Hall–Kier alpha value is -2.26. The maximum absolute atomic E-state index is 12.0. The molecule has 1 amide bonds. The van der Waals surface area contributed by atoms with Crippen molar-refractivity contribution in [3.63, 3.8) is 0 Å². The van der Waals surface area contributed by atoms with Crippen molar-refractivity contribution in [3.8, 4) is 0 Å². The number of aromatic nitrogens is 2. The Labute approximate surface area is 128 Å². The SMILES string of the molecule is Nc1nnc(CCNC(=O)c2cc([N+](=O)[O-])ccc2Cl)s1. The lowest BCUT2D eigenvalue weighted by Crippen LogP contribution is -2.26. The molecule has 0 atom stereocenters. The predicted molar refractivity (Wildman–Crippen MR) is 78.5 cm³/mol. The molecule has 2 rings (SSSR count). The largest absolute Gasteiger partial charge is 0.374 e. The minimum absolute atomic E-state index is 0.0580. The zero-order chi connectivity index (χ0) is 15.4. The van der Waals surface area contributed by atoms with Crippen LogP contribution in [0.1, 0.15) is 15.4 Å². The van der Waals surface area contributed by atoms with Gasteiger partial charge >= 0.3 is 0 Å². The van der Waals surface area contributed by atoms with Gasteiger partial charge in [0.05, 0.1) is 15.5 Å². The quantitative estimate of drug-likeness (QED) is 0.635. The second-order valence-electron chi connectivity index (χ2n) is 3.96. The summed E-state index contributed by atoms with van der Waals surface area (Å²) in [5.74, 6) is -0.485. The number of amides is 1. The third-order valence-electron chi connectivity index (χ3n) is 2.51. The highest BCUT2D eigenvalue weighted by atomic mass is 35.5. The molecule has 0 saturated carbocycles. The second kappa shape index (κ2) is 6.46. The van der Waals surface area contributed by atoms with Crippen LogP contribution in [0.15, 0.2) is 18.2 Å². The molecule has 0 aliphatic carbocycles. The highest BCUT2D eigenvalue weighted by Crippen LogP contribution is 2.22. The van der Waals surface area contributed by atoms with Crippen LogP contribution in [0.4, 0.5) is 10.8 Å². The molecule has 110 valence electrons. The van der Waals surface area contributed by atoms with E-state index in [-0.39, 0.29) is 16.3 Å². The number of rotatable bonds is 5. The smallest absolute Gasteiger partial charge is 0.270 e. The van der Waals surface area contributed by atoms with Gasteiger partial charge < -0.3 is 11.1 Å². The van der Waals surface area contributed by atoms with Gasteiger partial charge in [0.15, 0.2) is 0 Å². The number of carbonyl (C=O) groups excluding carboxylic acids is 1. The molecule has 0 unspecified atom stereocenters. The zero-order valence-electron chi connectivity index (χ0n) is 10.6. The molecule has 1 heterocycles. The molecule has 1 aromatic carbocycles. The molecule has 8 nitrogen and oxygen atoms in total. The minimum Gasteiger partial charge on any atom is -0.374 e. The van der Waals surface area contributed by atoms with Crippen molar-refractivity contribution in [2.45, 2.75) is 6.42 Å². The number of carbonyl (C=O) groups is 1. The number of nitro benzene ring substituents is 1.